The van der Waals surface area contributed by atoms with E-state index in [2.05, 4.69) is 15.3 Å². The molecule has 0 atom stereocenters. The lowest BCUT2D eigenvalue weighted by atomic mass is 10.3. The second-order valence-corrected chi connectivity index (χ2v) is 3.78. The van der Waals surface area contributed by atoms with Gasteiger partial charge in [-0.1, -0.05) is 11.6 Å². The fourth-order valence-electron chi connectivity index (χ4n) is 1.26. The molecule has 0 bridgehead atoms. The van der Waals surface area contributed by atoms with E-state index in [1.165, 1.54) is 24.4 Å². The molecule has 0 saturated heterocycles. The predicted molar refractivity (Wildman–Crippen MR) is 63.7 cm³/mol. The first-order valence-corrected chi connectivity index (χ1v) is 5.21. The maximum Gasteiger partial charge on any atom is 0.356 e. The summed E-state index contributed by atoms with van der Waals surface area (Å²) in [5.74, 6) is -1.62. The molecule has 2 aromatic rings. The highest BCUT2D eigenvalue weighted by atomic mass is 35.5. The van der Waals surface area contributed by atoms with E-state index in [1.54, 1.807) is 0 Å². The van der Waals surface area contributed by atoms with Gasteiger partial charge in [0.15, 0.2) is 5.69 Å². The molecule has 0 radical (unpaired) electrons. The highest BCUT2D eigenvalue weighted by molar-refractivity contribution is 6.30. The van der Waals surface area contributed by atoms with Gasteiger partial charge in [0, 0.05) is 5.02 Å². The van der Waals surface area contributed by atoms with E-state index in [4.69, 9.17) is 16.7 Å². The standard InChI is InChI=1S/C11H7ClFN3O2/c12-6-1-2-7(13)8(3-6)15-10-5-14-4-9(16-10)11(17)18/h1-5H,(H,15,16)(H,17,18). The molecule has 0 amide bonds. The zero-order chi connectivity index (χ0) is 13.1. The molecule has 0 aliphatic heterocycles. The van der Waals surface area contributed by atoms with Crippen molar-refractivity contribution in [3.8, 4) is 0 Å². The largest absolute Gasteiger partial charge is 0.476 e. The summed E-state index contributed by atoms with van der Waals surface area (Å²) in [5, 5.41) is 11.7. The maximum absolute atomic E-state index is 13.4. The van der Waals surface area contributed by atoms with Gasteiger partial charge in [-0.05, 0) is 18.2 Å². The number of nitrogens with one attached hydrogen (secondary N) is 1. The first kappa shape index (κ1) is 12.3. The van der Waals surface area contributed by atoms with Gasteiger partial charge in [-0.3, -0.25) is 4.98 Å². The summed E-state index contributed by atoms with van der Waals surface area (Å²) in [6.45, 7) is 0. The second kappa shape index (κ2) is 4.97. The highest BCUT2D eigenvalue weighted by Crippen LogP contribution is 2.22. The van der Waals surface area contributed by atoms with Crippen LogP contribution in [0.4, 0.5) is 15.9 Å². The van der Waals surface area contributed by atoms with E-state index in [0.717, 1.165) is 6.20 Å². The predicted octanol–water partition coefficient (Wildman–Crippen LogP) is 2.71. The van der Waals surface area contributed by atoms with Crippen LogP contribution in [-0.2, 0) is 0 Å². The molecular formula is C11H7ClFN3O2. The fraction of sp³-hybridized carbons (Fsp3) is 0. The number of hydrogen-bond donors (Lipinski definition) is 2. The summed E-state index contributed by atoms with van der Waals surface area (Å²) in [6.07, 6.45) is 2.38. The van der Waals surface area contributed by atoms with Crippen molar-refractivity contribution in [3.63, 3.8) is 0 Å². The lowest BCUT2D eigenvalue weighted by Gasteiger charge is -2.07. The molecule has 7 heteroatoms. The molecule has 1 aromatic carbocycles. The molecular weight excluding hydrogens is 261 g/mol. The Hall–Kier alpha value is -2.21. The normalized spacial score (nSPS) is 10.1. The van der Waals surface area contributed by atoms with Crippen LogP contribution in [0.25, 0.3) is 0 Å². The summed E-state index contributed by atoms with van der Waals surface area (Å²) >= 11 is 5.73. The number of rotatable bonds is 3. The monoisotopic (exact) mass is 267 g/mol. The Balaban J connectivity index is 2.31. The Morgan fingerprint density at radius 1 is 1.39 bits per heavy atom. The Labute approximate surface area is 106 Å². The molecule has 92 valence electrons. The summed E-state index contributed by atoms with van der Waals surface area (Å²) < 4.78 is 13.4. The third kappa shape index (κ3) is 2.72. The quantitative estimate of drug-likeness (QED) is 0.894. The number of benzene rings is 1. The third-order valence-corrected chi connectivity index (χ3v) is 2.28. The highest BCUT2D eigenvalue weighted by Gasteiger charge is 2.08. The van der Waals surface area contributed by atoms with Crippen molar-refractivity contribution >= 4 is 29.1 Å². The third-order valence-electron chi connectivity index (χ3n) is 2.04. The van der Waals surface area contributed by atoms with Gasteiger partial charge in [-0.25, -0.2) is 14.2 Å². The first-order valence-electron chi connectivity index (χ1n) is 4.83. The first-order chi connectivity index (χ1) is 8.56. The molecule has 5 nitrogen and oxygen atoms in total. The van der Waals surface area contributed by atoms with E-state index >= 15 is 0 Å². The molecule has 1 heterocycles. The van der Waals surface area contributed by atoms with Crippen LogP contribution < -0.4 is 5.32 Å². The molecule has 18 heavy (non-hydrogen) atoms. The van der Waals surface area contributed by atoms with Crippen LogP contribution in [0, 0.1) is 5.82 Å². The maximum atomic E-state index is 13.4. The Morgan fingerprint density at radius 3 is 2.89 bits per heavy atom. The van der Waals surface area contributed by atoms with Gasteiger partial charge >= 0.3 is 5.97 Å². The minimum atomic E-state index is -1.21. The number of carbonyl (C=O) groups is 1. The van der Waals surface area contributed by atoms with Crippen molar-refractivity contribution in [2.45, 2.75) is 0 Å². The summed E-state index contributed by atoms with van der Waals surface area (Å²) in [5.41, 5.74) is -0.137. The van der Waals surface area contributed by atoms with Gasteiger partial charge < -0.3 is 10.4 Å². The van der Waals surface area contributed by atoms with E-state index in [0.29, 0.717) is 5.02 Å². The molecule has 0 unspecified atom stereocenters. The number of carboxylic acids is 1. The number of halogens is 2. The zero-order valence-electron chi connectivity index (χ0n) is 8.89. The van der Waals surface area contributed by atoms with Crippen molar-refractivity contribution in [2.24, 2.45) is 0 Å². The minimum absolute atomic E-state index is 0.0966. The number of anilines is 2. The Bertz CT molecular complexity index is 607. The van der Waals surface area contributed by atoms with Gasteiger partial charge in [0.25, 0.3) is 0 Å². The van der Waals surface area contributed by atoms with Crippen molar-refractivity contribution in [3.05, 3.63) is 47.1 Å². The van der Waals surface area contributed by atoms with Crippen molar-refractivity contribution in [1.29, 1.82) is 0 Å². The Morgan fingerprint density at radius 2 is 2.17 bits per heavy atom. The summed E-state index contributed by atoms with van der Waals surface area (Å²) in [6, 6.07) is 3.96. The van der Waals surface area contributed by atoms with Crippen LogP contribution >= 0.6 is 11.6 Å². The van der Waals surface area contributed by atoms with Gasteiger partial charge in [-0.15, -0.1) is 0 Å². The van der Waals surface area contributed by atoms with Crippen LogP contribution in [-0.4, -0.2) is 21.0 Å². The lowest BCUT2D eigenvalue weighted by Crippen LogP contribution is -2.04. The van der Waals surface area contributed by atoms with Gasteiger partial charge in [0.2, 0.25) is 0 Å². The summed E-state index contributed by atoms with van der Waals surface area (Å²) in [4.78, 5) is 18.1. The molecule has 0 aliphatic carbocycles. The smallest absolute Gasteiger partial charge is 0.356 e. The number of hydrogen-bond acceptors (Lipinski definition) is 4. The van der Waals surface area contributed by atoms with Crippen molar-refractivity contribution in [1.82, 2.24) is 9.97 Å². The molecule has 2 rings (SSSR count). The van der Waals surface area contributed by atoms with E-state index < -0.39 is 11.8 Å². The molecule has 0 fully saturated rings. The average Bonchev–Trinajstić information content (AvgIpc) is 2.34. The van der Waals surface area contributed by atoms with E-state index in [1.807, 2.05) is 0 Å². The van der Waals surface area contributed by atoms with E-state index in [-0.39, 0.29) is 17.2 Å². The van der Waals surface area contributed by atoms with Crippen LogP contribution in [0.15, 0.2) is 30.6 Å². The average molecular weight is 268 g/mol. The van der Waals surface area contributed by atoms with Crippen LogP contribution in [0.2, 0.25) is 5.02 Å². The molecule has 1 aromatic heterocycles. The molecule has 0 spiro atoms. The fourth-order valence-corrected chi connectivity index (χ4v) is 1.43. The second-order valence-electron chi connectivity index (χ2n) is 3.34. The van der Waals surface area contributed by atoms with Crippen LogP contribution in [0.1, 0.15) is 10.5 Å². The number of aromatic nitrogens is 2. The molecule has 0 aliphatic rings. The van der Waals surface area contributed by atoms with E-state index in [9.17, 15) is 9.18 Å². The molecule has 0 saturated carbocycles. The topological polar surface area (TPSA) is 75.1 Å². The van der Waals surface area contributed by atoms with Gasteiger partial charge in [0.05, 0.1) is 18.1 Å². The van der Waals surface area contributed by atoms with Crippen molar-refractivity contribution < 1.29 is 14.3 Å². The number of nitrogens with zero attached hydrogens (tertiary/aromatic N) is 2. The molecule has 2 N–H and O–H groups in total. The zero-order valence-corrected chi connectivity index (χ0v) is 9.65. The number of aromatic carboxylic acids is 1. The number of carboxylic acid groups (broad SMARTS) is 1. The SMILES string of the molecule is O=C(O)c1cncc(Nc2cc(Cl)ccc2F)n1. The van der Waals surface area contributed by atoms with Gasteiger partial charge in [0.1, 0.15) is 11.6 Å². The lowest BCUT2D eigenvalue weighted by molar-refractivity contribution is 0.0690. The minimum Gasteiger partial charge on any atom is -0.476 e. The van der Waals surface area contributed by atoms with Crippen LogP contribution in [0.3, 0.4) is 0 Å². The Kier molecular flexibility index (Phi) is 3.38. The van der Waals surface area contributed by atoms with Crippen LogP contribution in [0.5, 0.6) is 0 Å². The van der Waals surface area contributed by atoms with Gasteiger partial charge in [-0.2, -0.15) is 0 Å². The van der Waals surface area contributed by atoms with Crippen molar-refractivity contribution in [2.75, 3.05) is 5.32 Å². The summed E-state index contributed by atoms with van der Waals surface area (Å²) in [7, 11) is 0.